The molecule has 0 radical (unpaired) electrons. The van der Waals surface area contributed by atoms with Crippen LogP contribution in [-0.4, -0.2) is 5.78 Å². The molecule has 0 saturated carbocycles. The van der Waals surface area contributed by atoms with Gasteiger partial charge in [0.15, 0.2) is 5.78 Å². The number of ketones is 1. The first kappa shape index (κ1) is 12.1. The largest absolute Gasteiger partial charge is 0.295 e. The SMILES string of the molecule is CCC1=C(CC)[C@H](c2cccc(C)c2)CC1=O. The maximum Gasteiger partial charge on any atom is 0.159 e. The van der Waals surface area contributed by atoms with Crippen molar-refractivity contribution < 1.29 is 4.79 Å². The predicted molar refractivity (Wildman–Crippen MR) is 71.2 cm³/mol. The number of rotatable bonds is 3. The Morgan fingerprint density at radius 3 is 2.59 bits per heavy atom. The zero-order valence-electron chi connectivity index (χ0n) is 10.9. The van der Waals surface area contributed by atoms with Crippen molar-refractivity contribution in [1.82, 2.24) is 0 Å². The van der Waals surface area contributed by atoms with Gasteiger partial charge in [-0.15, -0.1) is 0 Å². The third-order valence-corrected chi connectivity index (χ3v) is 3.71. The van der Waals surface area contributed by atoms with Crippen LogP contribution in [0, 0.1) is 6.92 Å². The number of carbonyl (C=O) groups is 1. The molecule has 1 aliphatic carbocycles. The smallest absolute Gasteiger partial charge is 0.159 e. The highest BCUT2D eigenvalue weighted by atomic mass is 16.1. The molecule has 1 aromatic rings. The summed E-state index contributed by atoms with van der Waals surface area (Å²) in [6, 6.07) is 8.56. The fourth-order valence-corrected chi connectivity index (χ4v) is 2.91. The van der Waals surface area contributed by atoms with E-state index in [-0.39, 0.29) is 0 Å². The molecule has 0 fully saturated rings. The van der Waals surface area contributed by atoms with E-state index in [4.69, 9.17) is 0 Å². The quantitative estimate of drug-likeness (QED) is 0.759. The minimum atomic E-state index is 0.336. The summed E-state index contributed by atoms with van der Waals surface area (Å²) in [5, 5.41) is 0. The Labute approximate surface area is 104 Å². The molecule has 17 heavy (non-hydrogen) atoms. The zero-order chi connectivity index (χ0) is 12.4. The zero-order valence-corrected chi connectivity index (χ0v) is 10.9. The molecule has 90 valence electrons. The van der Waals surface area contributed by atoms with Crippen LogP contribution in [0.1, 0.15) is 50.2 Å². The van der Waals surface area contributed by atoms with Gasteiger partial charge in [0.25, 0.3) is 0 Å². The van der Waals surface area contributed by atoms with Gasteiger partial charge in [-0.2, -0.15) is 0 Å². The van der Waals surface area contributed by atoms with Gasteiger partial charge in [0.1, 0.15) is 0 Å². The highest BCUT2D eigenvalue weighted by molar-refractivity contribution is 6.00. The van der Waals surface area contributed by atoms with E-state index in [0.717, 1.165) is 18.4 Å². The van der Waals surface area contributed by atoms with E-state index in [1.165, 1.54) is 16.7 Å². The lowest BCUT2D eigenvalue weighted by Crippen LogP contribution is -1.99. The van der Waals surface area contributed by atoms with Gasteiger partial charge >= 0.3 is 0 Å². The van der Waals surface area contributed by atoms with Crippen LogP contribution < -0.4 is 0 Å². The van der Waals surface area contributed by atoms with E-state index in [1.54, 1.807) is 0 Å². The number of Topliss-reactive ketones (excluding diaryl/α,β-unsaturated/α-hetero) is 1. The minimum absolute atomic E-state index is 0.336. The molecular weight excluding hydrogens is 208 g/mol. The highest BCUT2D eigenvalue weighted by Crippen LogP contribution is 2.40. The van der Waals surface area contributed by atoms with E-state index >= 15 is 0 Å². The van der Waals surface area contributed by atoms with Crippen molar-refractivity contribution in [3.63, 3.8) is 0 Å². The van der Waals surface area contributed by atoms with Gasteiger partial charge in [-0.3, -0.25) is 4.79 Å². The maximum atomic E-state index is 12.0. The van der Waals surface area contributed by atoms with Gasteiger partial charge in [0.05, 0.1) is 0 Å². The van der Waals surface area contributed by atoms with Gasteiger partial charge in [0.2, 0.25) is 0 Å². The maximum absolute atomic E-state index is 12.0. The van der Waals surface area contributed by atoms with Crippen LogP contribution in [0.25, 0.3) is 0 Å². The van der Waals surface area contributed by atoms with E-state index in [1.807, 2.05) is 0 Å². The molecule has 1 aromatic carbocycles. The molecule has 0 saturated heterocycles. The summed E-state index contributed by atoms with van der Waals surface area (Å²) in [5.74, 6) is 0.693. The summed E-state index contributed by atoms with van der Waals surface area (Å²) in [7, 11) is 0. The van der Waals surface area contributed by atoms with E-state index in [9.17, 15) is 4.79 Å². The first-order valence-electron chi connectivity index (χ1n) is 6.49. The number of benzene rings is 1. The second-order valence-corrected chi connectivity index (χ2v) is 4.80. The van der Waals surface area contributed by atoms with Crippen molar-refractivity contribution in [2.45, 2.75) is 46.0 Å². The molecule has 2 rings (SSSR count). The monoisotopic (exact) mass is 228 g/mol. The third-order valence-electron chi connectivity index (χ3n) is 3.71. The van der Waals surface area contributed by atoms with Crippen LogP contribution in [-0.2, 0) is 4.79 Å². The molecule has 0 unspecified atom stereocenters. The molecule has 0 amide bonds. The first-order valence-corrected chi connectivity index (χ1v) is 6.49. The molecule has 1 aliphatic rings. The Morgan fingerprint density at radius 1 is 1.24 bits per heavy atom. The molecule has 1 atom stereocenters. The van der Waals surface area contributed by atoms with Crippen LogP contribution in [0.2, 0.25) is 0 Å². The molecule has 0 spiro atoms. The topological polar surface area (TPSA) is 17.1 Å². The van der Waals surface area contributed by atoms with Crippen LogP contribution >= 0.6 is 0 Å². The standard InChI is InChI=1S/C16H20O/c1-4-13-14(5-2)16(17)10-15(13)12-8-6-7-11(3)9-12/h6-9,15H,4-5,10H2,1-3H3/t15-/m0/s1. The van der Waals surface area contributed by atoms with Crippen molar-refractivity contribution in [1.29, 1.82) is 0 Å². The molecule has 0 aromatic heterocycles. The molecule has 0 N–H and O–H groups in total. The van der Waals surface area contributed by atoms with Gasteiger partial charge in [-0.1, -0.05) is 49.2 Å². The van der Waals surface area contributed by atoms with Crippen LogP contribution in [0.15, 0.2) is 35.4 Å². The highest BCUT2D eigenvalue weighted by Gasteiger charge is 2.30. The minimum Gasteiger partial charge on any atom is -0.295 e. The average molecular weight is 228 g/mol. The third kappa shape index (κ3) is 2.19. The van der Waals surface area contributed by atoms with Gasteiger partial charge < -0.3 is 0 Å². The summed E-state index contributed by atoms with van der Waals surface area (Å²) in [4.78, 5) is 12.0. The first-order chi connectivity index (χ1) is 8.17. The summed E-state index contributed by atoms with van der Waals surface area (Å²) in [6.07, 6.45) is 2.55. The fourth-order valence-electron chi connectivity index (χ4n) is 2.91. The molecule has 1 nitrogen and oxygen atoms in total. The second-order valence-electron chi connectivity index (χ2n) is 4.80. The van der Waals surface area contributed by atoms with E-state index in [2.05, 4.69) is 45.0 Å². The van der Waals surface area contributed by atoms with E-state index < -0.39 is 0 Å². The summed E-state index contributed by atoms with van der Waals surface area (Å²) in [5.41, 5.74) is 5.02. The number of allylic oxidation sites excluding steroid dienone is 2. The number of hydrogen-bond donors (Lipinski definition) is 0. The lowest BCUT2D eigenvalue weighted by Gasteiger charge is -2.14. The Hall–Kier alpha value is -1.37. The van der Waals surface area contributed by atoms with Crippen LogP contribution in [0.3, 0.4) is 0 Å². The van der Waals surface area contributed by atoms with Crippen LogP contribution in [0.4, 0.5) is 0 Å². The molecule has 1 heteroatoms. The van der Waals surface area contributed by atoms with E-state index in [0.29, 0.717) is 18.1 Å². The Kier molecular flexibility index (Phi) is 3.46. The number of hydrogen-bond acceptors (Lipinski definition) is 1. The number of carbonyl (C=O) groups excluding carboxylic acids is 1. The lowest BCUT2D eigenvalue weighted by molar-refractivity contribution is -0.115. The van der Waals surface area contributed by atoms with Crippen LogP contribution in [0.5, 0.6) is 0 Å². The summed E-state index contributed by atoms with van der Waals surface area (Å²) < 4.78 is 0. The Balaban J connectivity index is 2.41. The normalized spacial score (nSPS) is 20.2. The molecule has 0 aliphatic heterocycles. The van der Waals surface area contributed by atoms with Crippen molar-refractivity contribution in [2.75, 3.05) is 0 Å². The fraction of sp³-hybridized carbons (Fsp3) is 0.438. The predicted octanol–water partition coefficient (Wildman–Crippen LogP) is 4.17. The summed E-state index contributed by atoms with van der Waals surface area (Å²) in [6.45, 7) is 6.35. The average Bonchev–Trinajstić information content (AvgIpc) is 2.65. The van der Waals surface area contributed by atoms with Gasteiger partial charge in [-0.25, -0.2) is 0 Å². The van der Waals surface area contributed by atoms with Crippen molar-refractivity contribution in [2.24, 2.45) is 0 Å². The second kappa shape index (κ2) is 4.87. The van der Waals surface area contributed by atoms with Gasteiger partial charge in [0, 0.05) is 12.3 Å². The van der Waals surface area contributed by atoms with Crippen molar-refractivity contribution in [3.8, 4) is 0 Å². The molecule has 0 bridgehead atoms. The van der Waals surface area contributed by atoms with Crippen molar-refractivity contribution >= 4 is 5.78 Å². The Morgan fingerprint density at radius 2 is 2.00 bits per heavy atom. The number of aryl methyl sites for hydroxylation is 1. The summed E-state index contributed by atoms with van der Waals surface area (Å²) >= 11 is 0. The lowest BCUT2D eigenvalue weighted by atomic mass is 9.89. The van der Waals surface area contributed by atoms with Gasteiger partial charge in [-0.05, 0) is 30.9 Å². The van der Waals surface area contributed by atoms with Crippen molar-refractivity contribution in [3.05, 3.63) is 46.5 Å². The Bertz CT molecular complexity index is 468. The molecule has 0 heterocycles. The molecular formula is C16H20O.